The number of aromatic hydroxyl groups is 2. The molecule has 0 radical (unpaired) electrons. The Kier molecular flexibility index (Phi) is 6.16. The first-order valence-corrected chi connectivity index (χ1v) is 9.67. The van der Waals surface area contributed by atoms with Crippen molar-refractivity contribution in [3.05, 3.63) is 56.2 Å². The number of phenols is 1. The predicted molar refractivity (Wildman–Crippen MR) is 108 cm³/mol. The standard InChI is InChI=1S/C20H24N4O5/c1-2-14(22-23-17(26)13-10-6-7-11-15(13)25)16-18(27)21-20(29)24(19(16)28)12-8-4-3-5-9-12/h6-7,10-12,25,28H,2-5,8-9H2,1H3,(H,23,26)(H,21,27,29)/b22-14-. The van der Waals surface area contributed by atoms with Gasteiger partial charge in [0.25, 0.3) is 11.5 Å². The second kappa shape index (κ2) is 8.76. The average Bonchev–Trinajstić information content (AvgIpc) is 2.71. The summed E-state index contributed by atoms with van der Waals surface area (Å²) in [5.74, 6) is -1.31. The van der Waals surface area contributed by atoms with Crippen LogP contribution in [0.15, 0.2) is 39.0 Å². The van der Waals surface area contributed by atoms with Crippen LogP contribution in [0.5, 0.6) is 11.6 Å². The number of rotatable bonds is 5. The molecule has 0 aliphatic heterocycles. The third kappa shape index (κ3) is 4.23. The number of aromatic amines is 1. The van der Waals surface area contributed by atoms with E-state index in [4.69, 9.17) is 0 Å². The van der Waals surface area contributed by atoms with Gasteiger partial charge in [-0.15, -0.1) is 0 Å². The first kappa shape index (κ1) is 20.4. The summed E-state index contributed by atoms with van der Waals surface area (Å²) in [5, 5.41) is 24.5. The summed E-state index contributed by atoms with van der Waals surface area (Å²) >= 11 is 0. The first-order chi connectivity index (χ1) is 13.9. The number of benzene rings is 1. The third-order valence-corrected chi connectivity index (χ3v) is 5.12. The molecule has 1 fully saturated rings. The number of nitrogens with one attached hydrogen (secondary N) is 2. The topological polar surface area (TPSA) is 137 Å². The van der Waals surface area contributed by atoms with Gasteiger partial charge in [0.05, 0.1) is 11.3 Å². The maximum absolute atomic E-state index is 12.4. The molecule has 1 aliphatic carbocycles. The molecule has 1 aliphatic rings. The van der Waals surface area contributed by atoms with Crippen molar-refractivity contribution in [2.24, 2.45) is 5.10 Å². The maximum Gasteiger partial charge on any atom is 0.331 e. The Morgan fingerprint density at radius 3 is 2.55 bits per heavy atom. The molecular formula is C20H24N4O5. The Labute approximate surface area is 166 Å². The lowest BCUT2D eigenvalue weighted by Crippen LogP contribution is -2.37. The van der Waals surface area contributed by atoms with Crippen LogP contribution in [0, 0.1) is 0 Å². The highest BCUT2D eigenvalue weighted by molar-refractivity contribution is 6.03. The van der Waals surface area contributed by atoms with E-state index in [1.54, 1.807) is 19.1 Å². The van der Waals surface area contributed by atoms with Gasteiger partial charge < -0.3 is 10.2 Å². The second-order valence-corrected chi connectivity index (χ2v) is 6.99. The normalized spacial score (nSPS) is 15.3. The van der Waals surface area contributed by atoms with Crippen LogP contribution >= 0.6 is 0 Å². The van der Waals surface area contributed by atoms with Gasteiger partial charge >= 0.3 is 5.69 Å². The van der Waals surface area contributed by atoms with Crippen LogP contribution in [-0.2, 0) is 0 Å². The highest BCUT2D eigenvalue weighted by atomic mass is 16.3. The van der Waals surface area contributed by atoms with Gasteiger partial charge in [-0.1, -0.05) is 38.3 Å². The molecule has 0 atom stereocenters. The molecule has 0 saturated heterocycles. The van der Waals surface area contributed by atoms with Gasteiger partial charge in [-0.3, -0.25) is 19.1 Å². The van der Waals surface area contributed by atoms with E-state index in [0.717, 1.165) is 32.1 Å². The Bertz CT molecular complexity index is 1050. The van der Waals surface area contributed by atoms with Crippen molar-refractivity contribution >= 4 is 11.6 Å². The first-order valence-electron chi connectivity index (χ1n) is 9.67. The smallest absolute Gasteiger partial charge is 0.331 e. The number of aromatic nitrogens is 2. The third-order valence-electron chi connectivity index (χ3n) is 5.12. The number of phenolic OH excluding ortho intramolecular Hbond substituents is 1. The van der Waals surface area contributed by atoms with Crippen molar-refractivity contribution in [1.29, 1.82) is 0 Å². The van der Waals surface area contributed by atoms with E-state index in [-0.39, 0.29) is 35.1 Å². The van der Waals surface area contributed by atoms with E-state index in [1.165, 1.54) is 16.7 Å². The highest BCUT2D eigenvalue weighted by Gasteiger charge is 2.25. The summed E-state index contributed by atoms with van der Waals surface area (Å²) in [5.41, 5.74) is 0.877. The van der Waals surface area contributed by atoms with Crippen molar-refractivity contribution in [1.82, 2.24) is 15.0 Å². The highest BCUT2D eigenvalue weighted by Crippen LogP contribution is 2.30. The molecule has 1 amide bonds. The molecule has 0 bridgehead atoms. The molecule has 29 heavy (non-hydrogen) atoms. The zero-order chi connectivity index (χ0) is 21.0. The van der Waals surface area contributed by atoms with E-state index in [0.29, 0.717) is 0 Å². The summed E-state index contributed by atoms with van der Waals surface area (Å²) in [6.45, 7) is 1.71. The summed E-state index contributed by atoms with van der Waals surface area (Å²) in [4.78, 5) is 39.2. The van der Waals surface area contributed by atoms with E-state index in [1.807, 2.05) is 0 Å². The van der Waals surface area contributed by atoms with E-state index >= 15 is 0 Å². The van der Waals surface area contributed by atoms with Crippen LogP contribution in [0.1, 0.15) is 67.4 Å². The van der Waals surface area contributed by atoms with Crippen LogP contribution in [-0.4, -0.2) is 31.4 Å². The second-order valence-electron chi connectivity index (χ2n) is 6.99. The van der Waals surface area contributed by atoms with Gasteiger partial charge in [0.2, 0.25) is 5.88 Å². The minimum atomic E-state index is -0.767. The largest absolute Gasteiger partial charge is 0.507 e. The quantitative estimate of drug-likeness (QED) is 0.449. The van der Waals surface area contributed by atoms with Gasteiger partial charge in [0.1, 0.15) is 11.3 Å². The summed E-state index contributed by atoms with van der Waals surface area (Å²) < 4.78 is 1.21. The molecular weight excluding hydrogens is 376 g/mol. The van der Waals surface area contributed by atoms with Crippen molar-refractivity contribution < 1.29 is 15.0 Å². The molecule has 1 aromatic heterocycles. The Balaban J connectivity index is 1.97. The summed E-state index contributed by atoms with van der Waals surface area (Å²) in [7, 11) is 0. The number of hydrogen-bond acceptors (Lipinski definition) is 6. The minimum Gasteiger partial charge on any atom is -0.507 e. The van der Waals surface area contributed by atoms with Crippen molar-refractivity contribution in [2.75, 3.05) is 0 Å². The number of amides is 1. The lowest BCUT2D eigenvalue weighted by molar-refractivity contribution is 0.0952. The molecule has 154 valence electrons. The number of carbonyl (C=O) groups is 1. The van der Waals surface area contributed by atoms with Crippen molar-refractivity contribution in [3.8, 4) is 11.6 Å². The Morgan fingerprint density at radius 2 is 1.90 bits per heavy atom. The zero-order valence-corrected chi connectivity index (χ0v) is 16.1. The number of carbonyl (C=O) groups excluding carboxylic acids is 1. The molecule has 0 unspecified atom stereocenters. The van der Waals surface area contributed by atoms with Gasteiger partial charge in [-0.05, 0) is 31.4 Å². The maximum atomic E-state index is 12.4. The van der Waals surface area contributed by atoms with Crippen LogP contribution < -0.4 is 16.7 Å². The van der Waals surface area contributed by atoms with Crippen LogP contribution in [0.4, 0.5) is 0 Å². The molecule has 2 aromatic rings. The number of para-hydroxylation sites is 1. The Hall–Kier alpha value is -3.36. The molecule has 9 heteroatoms. The van der Waals surface area contributed by atoms with Crippen LogP contribution in [0.3, 0.4) is 0 Å². The molecule has 1 aromatic carbocycles. The van der Waals surface area contributed by atoms with Crippen LogP contribution in [0.2, 0.25) is 0 Å². The molecule has 1 heterocycles. The molecule has 3 rings (SSSR count). The number of nitrogens with zero attached hydrogens (tertiary/aromatic N) is 2. The lowest BCUT2D eigenvalue weighted by Gasteiger charge is -2.25. The van der Waals surface area contributed by atoms with Gasteiger partial charge in [-0.25, -0.2) is 10.2 Å². The van der Waals surface area contributed by atoms with Gasteiger partial charge in [-0.2, -0.15) is 5.10 Å². The number of hydrazone groups is 1. The Morgan fingerprint density at radius 1 is 1.21 bits per heavy atom. The number of H-pyrrole nitrogens is 1. The monoisotopic (exact) mass is 400 g/mol. The van der Waals surface area contributed by atoms with Crippen LogP contribution in [0.25, 0.3) is 0 Å². The minimum absolute atomic E-state index is 0.0250. The number of hydrogen-bond donors (Lipinski definition) is 4. The molecule has 0 spiro atoms. The van der Waals surface area contributed by atoms with Crippen molar-refractivity contribution in [3.63, 3.8) is 0 Å². The fourth-order valence-corrected chi connectivity index (χ4v) is 3.63. The summed E-state index contributed by atoms with van der Waals surface area (Å²) in [6.07, 6.45) is 4.65. The van der Waals surface area contributed by atoms with Gasteiger partial charge in [0.15, 0.2) is 0 Å². The molecule has 1 saturated carbocycles. The summed E-state index contributed by atoms with van der Waals surface area (Å²) in [6, 6.07) is 5.78. The lowest BCUT2D eigenvalue weighted by atomic mass is 9.95. The fraction of sp³-hybridized carbons (Fsp3) is 0.400. The van der Waals surface area contributed by atoms with Crippen molar-refractivity contribution in [2.45, 2.75) is 51.5 Å². The SMILES string of the molecule is CC/C(=N/NC(=O)c1ccccc1O)c1c(O)n(C2CCCCC2)c(=O)[nH]c1=O. The predicted octanol–water partition coefficient (Wildman–Crippen LogP) is 2.00. The zero-order valence-electron chi connectivity index (χ0n) is 16.1. The van der Waals surface area contributed by atoms with E-state index < -0.39 is 23.0 Å². The molecule has 9 nitrogen and oxygen atoms in total. The van der Waals surface area contributed by atoms with Gasteiger partial charge in [0, 0.05) is 6.04 Å². The molecule has 4 N–H and O–H groups in total. The average molecular weight is 400 g/mol. The fourth-order valence-electron chi connectivity index (χ4n) is 3.63. The van der Waals surface area contributed by atoms with E-state index in [2.05, 4.69) is 15.5 Å². The van der Waals surface area contributed by atoms with E-state index in [9.17, 15) is 24.6 Å².